The monoisotopic (exact) mass is 425 g/mol. The molecule has 1 heterocycles. The molecule has 2 unspecified atom stereocenters. The molecular formula is C24H35N5O2. The van der Waals surface area contributed by atoms with Crippen molar-refractivity contribution in [1.82, 2.24) is 10.2 Å². The van der Waals surface area contributed by atoms with Gasteiger partial charge in [-0.25, -0.2) is 0 Å². The molecule has 1 amide bonds. The van der Waals surface area contributed by atoms with Crippen LogP contribution in [0.1, 0.15) is 52.4 Å². The minimum absolute atomic E-state index is 0.00633. The number of allylic oxidation sites excluding steroid dienone is 5. The van der Waals surface area contributed by atoms with Gasteiger partial charge in [0.2, 0.25) is 5.91 Å². The molecule has 0 radical (unpaired) electrons. The normalized spacial score (nSPS) is 23.3. The van der Waals surface area contributed by atoms with Gasteiger partial charge in [0.1, 0.15) is 12.8 Å². The average molecular weight is 426 g/mol. The molecule has 7 heteroatoms. The lowest BCUT2D eigenvalue weighted by molar-refractivity contribution is -0.127. The molecule has 3 rings (SSSR count). The van der Waals surface area contributed by atoms with Crippen molar-refractivity contribution in [3.05, 3.63) is 58.9 Å². The maximum atomic E-state index is 13.2. The molecule has 168 valence electrons. The molecule has 0 saturated heterocycles. The zero-order valence-corrected chi connectivity index (χ0v) is 18.7. The van der Waals surface area contributed by atoms with Gasteiger partial charge in [0.05, 0.1) is 5.76 Å². The van der Waals surface area contributed by atoms with Crippen LogP contribution in [0.5, 0.6) is 0 Å². The maximum Gasteiger partial charge on any atom is 0.249 e. The van der Waals surface area contributed by atoms with E-state index >= 15 is 0 Å². The number of amides is 1. The fourth-order valence-corrected chi connectivity index (χ4v) is 4.18. The Hall–Kier alpha value is -2.67. The molecule has 0 bridgehead atoms. The average Bonchev–Trinajstić information content (AvgIpc) is 2.96. The Kier molecular flexibility index (Phi) is 8.64. The van der Waals surface area contributed by atoms with Crippen molar-refractivity contribution in [2.45, 2.75) is 64.6 Å². The van der Waals surface area contributed by atoms with Crippen LogP contribution in [0.25, 0.3) is 0 Å². The third-order valence-corrected chi connectivity index (χ3v) is 5.72. The molecule has 0 aromatic carbocycles. The van der Waals surface area contributed by atoms with Crippen molar-refractivity contribution >= 4 is 5.91 Å². The lowest BCUT2D eigenvalue weighted by Gasteiger charge is -2.25. The summed E-state index contributed by atoms with van der Waals surface area (Å²) in [6.07, 6.45) is 17.3. The number of nitrogens with two attached hydrogens (primary N) is 1. The topological polar surface area (TPSA) is 92.3 Å². The number of carbonyl (C=O) groups is 1. The van der Waals surface area contributed by atoms with Crippen molar-refractivity contribution in [3.63, 3.8) is 0 Å². The van der Waals surface area contributed by atoms with Crippen molar-refractivity contribution in [1.29, 1.82) is 0 Å². The van der Waals surface area contributed by atoms with Gasteiger partial charge in [-0.15, -0.1) is 0 Å². The van der Waals surface area contributed by atoms with Gasteiger partial charge in [0.25, 0.3) is 0 Å². The van der Waals surface area contributed by atoms with E-state index in [-0.39, 0.29) is 18.1 Å². The number of ether oxygens (including phenoxy) is 1. The van der Waals surface area contributed by atoms with Gasteiger partial charge in [-0.3, -0.25) is 10.1 Å². The Morgan fingerprint density at radius 3 is 2.71 bits per heavy atom. The lowest BCUT2D eigenvalue weighted by atomic mass is 9.96. The molecule has 3 N–H and O–H groups in total. The van der Waals surface area contributed by atoms with E-state index in [1.165, 1.54) is 5.57 Å². The van der Waals surface area contributed by atoms with Crippen molar-refractivity contribution in [2.24, 2.45) is 16.2 Å². The van der Waals surface area contributed by atoms with Gasteiger partial charge >= 0.3 is 0 Å². The molecular weight excluding hydrogens is 390 g/mol. The SMILES string of the molecule is CCCN(CCC)C(=O)C1=CC2=CC=C(OCC3=CC=CCC3)CC2NC(N=NN)C1. The zero-order valence-electron chi connectivity index (χ0n) is 18.7. The van der Waals surface area contributed by atoms with Crippen LogP contribution in [0.15, 0.2) is 69.3 Å². The summed E-state index contributed by atoms with van der Waals surface area (Å²) in [4.78, 5) is 15.2. The van der Waals surface area contributed by atoms with Crippen LogP contribution in [0.4, 0.5) is 0 Å². The van der Waals surface area contributed by atoms with Crippen molar-refractivity contribution in [2.75, 3.05) is 19.7 Å². The number of carbonyl (C=O) groups excluding carboxylic acids is 1. The van der Waals surface area contributed by atoms with E-state index in [1.54, 1.807) is 0 Å². The van der Waals surface area contributed by atoms with Gasteiger partial charge in [-0.1, -0.05) is 43.4 Å². The number of nitrogens with zero attached hydrogens (tertiary/aromatic N) is 3. The van der Waals surface area contributed by atoms with Crippen LogP contribution in [0, 0.1) is 0 Å². The summed E-state index contributed by atoms with van der Waals surface area (Å²) in [6.45, 7) is 6.31. The number of fused-ring (bicyclic) bond motifs is 1. The molecule has 31 heavy (non-hydrogen) atoms. The van der Waals surface area contributed by atoms with Crippen molar-refractivity contribution < 1.29 is 9.53 Å². The number of hydrogen-bond acceptors (Lipinski definition) is 5. The second kappa shape index (κ2) is 11.6. The molecule has 3 aliphatic rings. The Morgan fingerprint density at radius 2 is 2.03 bits per heavy atom. The first kappa shape index (κ1) is 23.0. The molecule has 0 aromatic rings. The van der Waals surface area contributed by atoms with Crippen LogP contribution < -0.4 is 11.2 Å². The first-order valence-electron chi connectivity index (χ1n) is 11.4. The largest absolute Gasteiger partial charge is 0.494 e. The predicted octanol–water partition coefficient (Wildman–Crippen LogP) is 4.08. The molecule has 1 aliphatic heterocycles. The second-order valence-corrected chi connectivity index (χ2v) is 8.22. The Morgan fingerprint density at radius 1 is 1.23 bits per heavy atom. The summed E-state index contributed by atoms with van der Waals surface area (Å²) in [5.41, 5.74) is 3.12. The van der Waals surface area contributed by atoms with Gasteiger partial charge in [0, 0.05) is 37.5 Å². The minimum Gasteiger partial charge on any atom is -0.494 e. The highest BCUT2D eigenvalue weighted by molar-refractivity contribution is 5.94. The van der Waals surface area contributed by atoms with Crippen LogP contribution in [0.3, 0.4) is 0 Å². The quantitative estimate of drug-likeness (QED) is 0.331. The van der Waals surface area contributed by atoms with Gasteiger partial charge in [0.15, 0.2) is 0 Å². The third kappa shape index (κ3) is 6.40. The van der Waals surface area contributed by atoms with Gasteiger partial charge in [-0.05, 0) is 49.0 Å². The molecule has 7 nitrogen and oxygen atoms in total. The third-order valence-electron chi connectivity index (χ3n) is 5.72. The standard InChI is InChI=1S/C24H35N5O2/c1-3-12-29(13-4-2)24(30)20-14-19-10-11-21(31-17-18-8-6-5-7-9-18)16-22(19)26-23(15-20)27-28-25/h5-6,8,10-11,14,22-23,26H,3-4,7,9,12-13,15-17H2,1-2H3,(H2,25,27). The van der Waals surface area contributed by atoms with E-state index in [4.69, 9.17) is 10.6 Å². The summed E-state index contributed by atoms with van der Waals surface area (Å²) in [5, 5.41) is 11.1. The summed E-state index contributed by atoms with van der Waals surface area (Å²) in [6, 6.07) is 0.00633. The minimum atomic E-state index is -0.341. The van der Waals surface area contributed by atoms with E-state index in [0.29, 0.717) is 19.4 Å². The van der Waals surface area contributed by atoms with Gasteiger partial charge < -0.3 is 15.5 Å². The van der Waals surface area contributed by atoms with Gasteiger partial charge in [-0.2, -0.15) is 5.11 Å². The van der Waals surface area contributed by atoms with Crippen LogP contribution >= 0.6 is 0 Å². The van der Waals surface area contributed by atoms with E-state index < -0.39 is 0 Å². The van der Waals surface area contributed by atoms with E-state index in [2.05, 4.69) is 47.7 Å². The number of hydrogen-bond donors (Lipinski definition) is 2. The number of rotatable bonds is 9. The first-order chi connectivity index (χ1) is 15.1. The smallest absolute Gasteiger partial charge is 0.249 e. The van der Waals surface area contributed by atoms with Crippen LogP contribution in [-0.2, 0) is 9.53 Å². The molecule has 2 aliphatic carbocycles. The maximum absolute atomic E-state index is 13.2. The van der Waals surface area contributed by atoms with Crippen molar-refractivity contribution in [3.8, 4) is 0 Å². The Labute approximate surface area is 185 Å². The molecule has 0 spiro atoms. The fraction of sp³-hybridized carbons (Fsp3) is 0.542. The zero-order chi connectivity index (χ0) is 22.1. The fourth-order valence-electron chi connectivity index (χ4n) is 4.18. The lowest BCUT2D eigenvalue weighted by Crippen LogP contribution is -2.39. The summed E-state index contributed by atoms with van der Waals surface area (Å²) in [5.74, 6) is 6.36. The highest BCUT2D eigenvalue weighted by atomic mass is 16.5. The van der Waals surface area contributed by atoms with E-state index in [9.17, 15) is 4.79 Å². The molecule has 0 saturated carbocycles. The highest BCUT2D eigenvalue weighted by Gasteiger charge is 2.30. The first-order valence-corrected chi connectivity index (χ1v) is 11.4. The molecule has 0 fully saturated rings. The Balaban J connectivity index is 1.78. The number of nitrogens with one attached hydrogen (secondary N) is 1. The van der Waals surface area contributed by atoms with Crippen LogP contribution in [0.2, 0.25) is 0 Å². The van der Waals surface area contributed by atoms with Crippen LogP contribution in [-0.4, -0.2) is 42.7 Å². The van der Waals surface area contributed by atoms with E-state index in [1.807, 2.05) is 23.1 Å². The molecule has 2 atom stereocenters. The Bertz CT molecular complexity index is 816. The summed E-state index contributed by atoms with van der Waals surface area (Å²) < 4.78 is 6.08. The predicted molar refractivity (Wildman–Crippen MR) is 123 cm³/mol. The molecule has 0 aromatic heterocycles. The van der Waals surface area contributed by atoms with E-state index in [0.717, 1.165) is 55.7 Å². The second-order valence-electron chi connectivity index (χ2n) is 8.22. The highest BCUT2D eigenvalue weighted by Crippen LogP contribution is 2.28. The summed E-state index contributed by atoms with van der Waals surface area (Å²) in [7, 11) is 0. The summed E-state index contributed by atoms with van der Waals surface area (Å²) >= 11 is 0.